The molecule has 2 amide bonds. The molecular weight excluding hydrogens is 240 g/mol. The fraction of sp³-hybridized carbons (Fsp3) is 0.533. The Hall–Kier alpha value is -1.71. The van der Waals surface area contributed by atoms with Gasteiger partial charge in [0.15, 0.2) is 0 Å². The van der Waals surface area contributed by atoms with Crippen molar-refractivity contribution in [2.75, 3.05) is 11.9 Å². The molecule has 0 spiro atoms. The van der Waals surface area contributed by atoms with Gasteiger partial charge in [-0.05, 0) is 50.5 Å². The number of rotatable bonds is 5. The second-order valence-electron chi connectivity index (χ2n) is 5.04. The number of anilines is 1. The molecule has 4 heteroatoms. The third kappa shape index (κ3) is 4.81. The van der Waals surface area contributed by atoms with Crippen LogP contribution in [0.4, 0.5) is 10.5 Å². The number of ether oxygens (including phenoxy) is 1. The molecule has 0 aliphatic carbocycles. The predicted molar refractivity (Wildman–Crippen MR) is 78.8 cm³/mol. The Balaban J connectivity index is 2.64. The van der Waals surface area contributed by atoms with Crippen molar-refractivity contribution < 1.29 is 9.53 Å². The lowest BCUT2D eigenvalue weighted by atomic mass is 10.1. The minimum atomic E-state index is -0.173. The van der Waals surface area contributed by atoms with Gasteiger partial charge in [-0.2, -0.15) is 0 Å². The highest BCUT2D eigenvalue weighted by Crippen LogP contribution is 2.21. The van der Waals surface area contributed by atoms with Crippen LogP contribution in [0.3, 0.4) is 0 Å². The van der Waals surface area contributed by atoms with Crippen molar-refractivity contribution in [3.8, 4) is 5.75 Å². The summed E-state index contributed by atoms with van der Waals surface area (Å²) in [7, 11) is 0. The molecule has 4 nitrogen and oxygen atoms in total. The van der Waals surface area contributed by atoms with Crippen LogP contribution in [0, 0.1) is 12.8 Å². The number of hydrogen-bond acceptors (Lipinski definition) is 2. The molecule has 2 N–H and O–H groups in total. The average molecular weight is 264 g/mol. The predicted octanol–water partition coefficient (Wildman–Crippen LogP) is 3.56. The van der Waals surface area contributed by atoms with Crippen molar-refractivity contribution in [3.63, 3.8) is 0 Å². The average Bonchev–Trinajstić information content (AvgIpc) is 2.32. The number of urea groups is 1. The third-order valence-corrected chi connectivity index (χ3v) is 3.12. The van der Waals surface area contributed by atoms with Crippen LogP contribution in [0.1, 0.15) is 33.3 Å². The Morgan fingerprint density at radius 2 is 2.00 bits per heavy atom. The number of amides is 2. The molecule has 0 radical (unpaired) electrons. The maximum atomic E-state index is 11.8. The minimum Gasteiger partial charge on any atom is -0.494 e. The Morgan fingerprint density at radius 1 is 1.32 bits per heavy atom. The molecule has 0 aromatic heterocycles. The van der Waals surface area contributed by atoms with E-state index in [1.165, 1.54) is 0 Å². The van der Waals surface area contributed by atoms with Crippen molar-refractivity contribution in [2.45, 2.75) is 40.7 Å². The van der Waals surface area contributed by atoms with Gasteiger partial charge < -0.3 is 15.4 Å². The smallest absolute Gasteiger partial charge is 0.319 e. The standard InChI is InChI=1S/C15H24N2O2/c1-6-19-13-7-8-14(11(4)9-13)17-15(18)16-12(5)10(2)3/h7-10,12H,6H2,1-5H3,(H2,16,17,18). The van der Waals surface area contributed by atoms with Gasteiger partial charge in [0.05, 0.1) is 6.61 Å². The van der Waals surface area contributed by atoms with E-state index in [0.717, 1.165) is 17.0 Å². The van der Waals surface area contributed by atoms with Crippen molar-refractivity contribution in [1.29, 1.82) is 0 Å². The van der Waals surface area contributed by atoms with Crippen molar-refractivity contribution in [3.05, 3.63) is 23.8 Å². The number of carbonyl (C=O) groups is 1. The molecule has 0 saturated carbocycles. The summed E-state index contributed by atoms with van der Waals surface area (Å²) < 4.78 is 5.41. The van der Waals surface area contributed by atoms with Crippen LogP contribution in [0.5, 0.6) is 5.75 Å². The van der Waals surface area contributed by atoms with Crippen LogP contribution in [0.15, 0.2) is 18.2 Å². The highest BCUT2D eigenvalue weighted by atomic mass is 16.5. The fourth-order valence-electron chi connectivity index (χ4n) is 1.56. The van der Waals surface area contributed by atoms with E-state index in [9.17, 15) is 4.79 Å². The molecule has 1 atom stereocenters. The zero-order valence-corrected chi connectivity index (χ0v) is 12.4. The molecule has 106 valence electrons. The molecule has 0 saturated heterocycles. The SMILES string of the molecule is CCOc1ccc(NC(=O)NC(C)C(C)C)c(C)c1. The largest absolute Gasteiger partial charge is 0.494 e. The van der Waals surface area contributed by atoms with E-state index < -0.39 is 0 Å². The van der Waals surface area contributed by atoms with Crippen molar-refractivity contribution in [1.82, 2.24) is 5.32 Å². The number of benzene rings is 1. The van der Waals surface area contributed by atoms with E-state index >= 15 is 0 Å². The highest BCUT2D eigenvalue weighted by Gasteiger charge is 2.11. The van der Waals surface area contributed by atoms with Crippen LogP contribution >= 0.6 is 0 Å². The number of carbonyl (C=O) groups excluding carboxylic acids is 1. The van der Waals surface area contributed by atoms with Gasteiger partial charge in [-0.25, -0.2) is 4.79 Å². The summed E-state index contributed by atoms with van der Waals surface area (Å²) in [4.78, 5) is 11.8. The van der Waals surface area contributed by atoms with Gasteiger partial charge in [-0.1, -0.05) is 13.8 Å². The quantitative estimate of drug-likeness (QED) is 0.854. The molecule has 0 heterocycles. The summed E-state index contributed by atoms with van der Waals surface area (Å²) in [6.45, 7) is 10.7. The van der Waals surface area contributed by atoms with E-state index in [-0.39, 0.29) is 12.1 Å². The summed E-state index contributed by atoms with van der Waals surface area (Å²) >= 11 is 0. The normalized spacial score (nSPS) is 12.1. The van der Waals surface area contributed by atoms with Crippen molar-refractivity contribution >= 4 is 11.7 Å². The molecule has 0 aliphatic heterocycles. The summed E-state index contributed by atoms with van der Waals surface area (Å²) in [5, 5.41) is 5.77. The maximum Gasteiger partial charge on any atom is 0.319 e. The molecule has 1 unspecified atom stereocenters. The highest BCUT2D eigenvalue weighted by molar-refractivity contribution is 5.90. The zero-order valence-electron chi connectivity index (χ0n) is 12.4. The van der Waals surface area contributed by atoms with Gasteiger partial charge in [-0.3, -0.25) is 0 Å². The maximum absolute atomic E-state index is 11.8. The number of aryl methyl sites for hydroxylation is 1. The lowest BCUT2D eigenvalue weighted by molar-refractivity contribution is 0.246. The van der Waals surface area contributed by atoms with Crippen LogP contribution < -0.4 is 15.4 Å². The molecule has 1 aromatic rings. The molecule has 0 fully saturated rings. The first-order valence-electron chi connectivity index (χ1n) is 6.75. The third-order valence-electron chi connectivity index (χ3n) is 3.12. The summed E-state index contributed by atoms with van der Waals surface area (Å²) in [6.07, 6.45) is 0. The first-order chi connectivity index (χ1) is 8.93. The van der Waals surface area contributed by atoms with E-state index in [1.54, 1.807) is 0 Å². The number of nitrogens with one attached hydrogen (secondary N) is 2. The Bertz CT molecular complexity index is 430. The van der Waals surface area contributed by atoms with Gasteiger partial charge in [0, 0.05) is 11.7 Å². The molecule has 0 aliphatic rings. The van der Waals surface area contributed by atoms with E-state index in [2.05, 4.69) is 24.5 Å². The van der Waals surface area contributed by atoms with Gasteiger partial charge >= 0.3 is 6.03 Å². The molecule has 19 heavy (non-hydrogen) atoms. The summed E-state index contributed by atoms with van der Waals surface area (Å²) in [5.74, 6) is 1.23. The zero-order chi connectivity index (χ0) is 14.4. The lowest BCUT2D eigenvalue weighted by Crippen LogP contribution is -2.39. The topological polar surface area (TPSA) is 50.4 Å². The second kappa shape index (κ2) is 7.02. The van der Waals surface area contributed by atoms with Gasteiger partial charge in [0.1, 0.15) is 5.75 Å². The van der Waals surface area contributed by atoms with Crippen LogP contribution in [-0.2, 0) is 0 Å². The van der Waals surface area contributed by atoms with Crippen LogP contribution in [0.2, 0.25) is 0 Å². The summed E-state index contributed by atoms with van der Waals surface area (Å²) in [5.41, 5.74) is 1.79. The van der Waals surface area contributed by atoms with Gasteiger partial charge in [-0.15, -0.1) is 0 Å². The van der Waals surface area contributed by atoms with E-state index in [4.69, 9.17) is 4.74 Å². The Labute approximate surface area is 115 Å². The summed E-state index contributed by atoms with van der Waals surface area (Å²) in [6, 6.07) is 5.61. The van der Waals surface area contributed by atoms with E-state index in [0.29, 0.717) is 12.5 Å². The van der Waals surface area contributed by atoms with Crippen LogP contribution in [-0.4, -0.2) is 18.7 Å². The van der Waals surface area contributed by atoms with Crippen LogP contribution in [0.25, 0.3) is 0 Å². The van der Waals surface area contributed by atoms with E-state index in [1.807, 2.05) is 39.0 Å². The molecule has 1 rings (SSSR count). The Morgan fingerprint density at radius 3 is 2.53 bits per heavy atom. The number of hydrogen-bond donors (Lipinski definition) is 2. The molecule has 0 bridgehead atoms. The first kappa shape index (κ1) is 15.3. The molecular formula is C15H24N2O2. The lowest BCUT2D eigenvalue weighted by Gasteiger charge is -2.18. The minimum absolute atomic E-state index is 0.142. The van der Waals surface area contributed by atoms with Crippen molar-refractivity contribution in [2.24, 2.45) is 5.92 Å². The monoisotopic (exact) mass is 264 g/mol. The fourth-order valence-corrected chi connectivity index (χ4v) is 1.56. The van der Waals surface area contributed by atoms with Gasteiger partial charge in [0.2, 0.25) is 0 Å². The second-order valence-corrected chi connectivity index (χ2v) is 5.04. The Kier molecular flexibility index (Phi) is 5.67. The first-order valence-corrected chi connectivity index (χ1v) is 6.75. The van der Waals surface area contributed by atoms with Gasteiger partial charge in [0.25, 0.3) is 0 Å². The molecule has 1 aromatic carbocycles.